The Kier molecular flexibility index (Phi) is 6.21. The van der Waals surface area contributed by atoms with Crippen molar-refractivity contribution >= 4 is 15.9 Å². The predicted octanol–water partition coefficient (Wildman–Crippen LogP) is 2.38. The van der Waals surface area contributed by atoms with E-state index in [-0.39, 0.29) is 12.2 Å². The molecule has 0 saturated carbocycles. The quantitative estimate of drug-likeness (QED) is 0.724. The normalized spacial score (nSPS) is 24.6. The van der Waals surface area contributed by atoms with Gasteiger partial charge in [0.25, 0.3) is 0 Å². The van der Waals surface area contributed by atoms with Gasteiger partial charge in [0.05, 0.1) is 18.1 Å². The number of hydrogen-bond acceptors (Lipinski definition) is 5. The van der Waals surface area contributed by atoms with E-state index in [2.05, 4.69) is 0 Å². The fourth-order valence-corrected chi connectivity index (χ4v) is 7.28. The van der Waals surface area contributed by atoms with Crippen LogP contribution in [0.5, 0.6) is 0 Å². The first kappa shape index (κ1) is 21.7. The number of likely N-dealkylation sites (tertiary alicyclic amines) is 1. The van der Waals surface area contributed by atoms with Crippen LogP contribution in [0.2, 0.25) is 0 Å². The highest BCUT2D eigenvalue weighted by Gasteiger charge is 2.43. The Morgan fingerprint density at radius 3 is 2.17 bits per heavy atom. The lowest BCUT2D eigenvalue weighted by Gasteiger charge is -2.36. The standard InChI is InChI=1S/C22H32N2O5S/c1-15-13-16(2)20(17(3)14-15)30(26,27)24-8-4-5-19(24)21(25)23-9-6-18(7-10-23)22-28-11-12-29-22/h13-14,18-19,22H,4-12H2,1-3H3. The number of benzene rings is 1. The monoisotopic (exact) mass is 436 g/mol. The van der Waals surface area contributed by atoms with Gasteiger partial charge in [-0.25, -0.2) is 8.42 Å². The molecule has 8 heteroatoms. The molecule has 1 atom stereocenters. The SMILES string of the molecule is Cc1cc(C)c(S(=O)(=O)N2CCCC2C(=O)N2CCC(C3OCCO3)CC2)c(C)c1. The number of amides is 1. The summed E-state index contributed by atoms with van der Waals surface area (Å²) in [5, 5.41) is 0. The minimum absolute atomic E-state index is 0.0646. The third-order valence-electron chi connectivity index (χ3n) is 6.54. The number of nitrogens with zero attached hydrogens (tertiary/aromatic N) is 2. The average Bonchev–Trinajstić information content (AvgIpc) is 3.39. The van der Waals surface area contributed by atoms with Crippen LogP contribution in [0.25, 0.3) is 0 Å². The van der Waals surface area contributed by atoms with Crippen LogP contribution in [0.1, 0.15) is 42.4 Å². The van der Waals surface area contributed by atoms with Crippen LogP contribution in [0, 0.1) is 26.7 Å². The number of hydrogen-bond donors (Lipinski definition) is 0. The first-order valence-electron chi connectivity index (χ1n) is 10.9. The third-order valence-corrected chi connectivity index (χ3v) is 8.76. The van der Waals surface area contributed by atoms with E-state index in [1.807, 2.05) is 37.8 Å². The molecule has 0 N–H and O–H groups in total. The molecule has 1 aromatic rings. The second kappa shape index (κ2) is 8.57. The summed E-state index contributed by atoms with van der Waals surface area (Å²) in [7, 11) is -3.73. The summed E-state index contributed by atoms with van der Waals surface area (Å²) in [5.74, 6) is 0.239. The Hall–Kier alpha value is -1.48. The van der Waals surface area contributed by atoms with E-state index in [1.54, 1.807) is 0 Å². The van der Waals surface area contributed by atoms with Crippen LogP contribution < -0.4 is 0 Å². The summed E-state index contributed by atoms with van der Waals surface area (Å²) in [6, 6.07) is 3.18. The largest absolute Gasteiger partial charge is 0.350 e. The molecule has 0 spiro atoms. The van der Waals surface area contributed by atoms with Gasteiger partial charge in [-0.3, -0.25) is 4.79 Å². The van der Waals surface area contributed by atoms with Crippen molar-refractivity contribution in [1.29, 1.82) is 0 Å². The minimum Gasteiger partial charge on any atom is -0.350 e. The number of carbonyl (C=O) groups excluding carboxylic acids is 1. The molecular weight excluding hydrogens is 404 g/mol. The number of piperidine rings is 1. The van der Waals surface area contributed by atoms with Gasteiger partial charge < -0.3 is 14.4 Å². The van der Waals surface area contributed by atoms with Crippen LogP contribution >= 0.6 is 0 Å². The smallest absolute Gasteiger partial charge is 0.244 e. The van der Waals surface area contributed by atoms with Gasteiger partial charge in [-0.2, -0.15) is 4.31 Å². The van der Waals surface area contributed by atoms with Crippen molar-refractivity contribution in [3.8, 4) is 0 Å². The highest BCUT2D eigenvalue weighted by Crippen LogP contribution is 2.33. The predicted molar refractivity (Wildman–Crippen MR) is 113 cm³/mol. The van der Waals surface area contributed by atoms with Crippen LogP contribution in [-0.2, 0) is 24.3 Å². The highest BCUT2D eigenvalue weighted by molar-refractivity contribution is 7.89. The van der Waals surface area contributed by atoms with Gasteiger partial charge in [0.15, 0.2) is 6.29 Å². The highest BCUT2D eigenvalue weighted by atomic mass is 32.2. The molecule has 166 valence electrons. The Morgan fingerprint density at radius 2 is 1.57 bits per heavy atom. The first-order valence-corrected chi connectivity index (χ1v) is 12.3. The molecule has 1 aromatic carbocycles. The molecule has 3 aliphatic heterocycles. The zero-order valence-electron chi connectivity index (χ0n) is 18.1. The molecule has 0 aromatic heterocycles. The maximum Gasteiger partial charge on any atom is 0.244 e. The zero-order valence-corrected chi connectivity index (χ0v) is 18.9. The Bertz CT molecular complexity index is 879. The molecule has 3 heterocycles. The van der Waals surface area contributed by atoms with Crippen LogP contribution in [-0.4, -0.2) is 68.7 Å². The number of ether oxygens (including phenoxy) is 2. The van der Waals surface area contributed by atoms with E-state index in [0.29, 0.717) is 56.5 Å². The summed E-state index contributed by atoms with van der Waals surface area (Å²) >= 11 is 0. The van der Waals surface area contributed by atoms with Gasteiger partial charge in [0.1, 0.15) is 6.04 Å². The zero-order chi connectivity index (χ0) is 21.5. The first-order chi connectivity index (χ1) is 14.3. The molecule has 1 unspecified atom stereocenters. The van der Waals surface area contributed by atoms with Crippen molar-refractivity contribution in [3.05, 3.63) is 28.8 Å². The summed E-state index contributed by atoms with van der Waals surface area (Å²) < 4.78 is 39.7. The van der Waals surface area contributed by atoms with Crippen molar-refractivity contribution in [2.45, 2.75) is 63.7 Å². The van der Waals surface area contributed by atoms with Crippen LogP contribution in [0.15, 0.2) is 17.0 Å². The van der Waals surface area contributed by atoms with Gasteiger partial charge in [0, 0.05) is 25.6 Å². The number of rotatable bonds is 4. The lowest BCUT2D eigenvalue weighted by Crippen LogP contribution is -2.50. The lowest BCUT2D eigenvalue weighted by atomic mass is 9.95. The molecule has 3 saturated heterocycles. The minimum atomic E-state index is -3.73. The molecule has 30 heavy (non-hydrogen) atoms. The van der Waals surface area contributed by atoms with Crippen molar-refractivity contribution in [2.75, 3.05) is 32.8 Å². The molecule has 3 fully saturated rings. The molecule has 7 nitrogen and oxygen atoms in total. The molecule has 0 bridgehead atoms. The number of aryl methyl sites for hydroxylation is 3. The molecular formula is C22H32N2O5S. The number of carbonyl (C=O) groups is 1. The van der Waals surface area contributed by atoms with Crippen molar-refractivity contribution in [3.63, 3.8) is 0 Å². The molecule has 0 aliphatic carbocycles. The molecule has 0 radical (unpaired) electrons. The van der Waals surface area contributed by atoms with Gasteiger partial charge in [-0.15, -0.1) is 0 Å². The van der Waals surface area contributed by atoms with Gasteiger partial charge in [-0.1, -0.05) is 17.7 Å². The van der Waals surface area contributed by atoms with Crippen LogP contribution in [0.4, 0.5) is 0 Å². The van der Waals surface area contributed by atoms with E-state index >= 15 is 0 Å². The number of sulfonamides is 1. The van der Waals surface area contributed by atoms with E-state index in [0.717, 1.165) is 29.5 Å². The molecule has 4 rings (SSSR count). The van der Waals surface area contributed by atoms with Gasteiger partial charge in [0.2, 0.25) is 15.9 Å². The van der Waals surface area contributed by atoms with E-state index in [9.17, 15) is 13.2 Å². The van der Waals surface area contributed by atoms with Crippen molar-refractivity contribution in [2.24, 2.45) is 5.92 Å². The van der Waals surface area contributed by atoms with E-state index < -0.39 is 16.1 Å². The molecule has 3 aliphatic rings. The van der Waals surface area contributed by atoms with E-state index in [4.69, 9.17) is 9.47 Å². The maximum atomic E-state index is 13.5. The van der Waals surface area contributed by atoms with Gasteiger partial charge in [-0.05, 0) is 57.6 Å². The fourth-order valence-electron chi connectivity index (χ4n) is 5.22. The van der Waals surface area contributed by atoms with E-state index in [1.165, 1.54) is 4.31 Å². The third kappa shape index (κ3) is 4.02. The Balaban J connectivity index is 1.49. The summed E-state index contributed by atoms with van der Waals surface area (Å²) in [4.78, 5) is 15.5. The summed E-state index contributed by atoms with van der Waals surface area (Å²) in [5.41, 5.74) is 2.52. The Labute approximate surface area is 179 Å². The maximum absolute atomic E-state index is 13.5. The fraction of sp³-hybridized carbons (Fsp3) is 0.682. The van der Waals surface area contributed by atoms with Crippen molar-refractivity contribution < 1.29 is 22.7 Å². The second-order valence-corrected chi connectivity index (χ2v) is 10.6. The average molecular weight is 437 g/mol. The van der Waals surface area contributed by atoms with Crippen molar-refractivity contribution in [1.82, 2.24) is 9.21 Å². The second-order valence-electron chi connectivity index (χ2n) is 8.77. The summed E-state index contributed by atoms with van der Waals surface area (Å²) in [6.07, 6.45) is 2.78. The topological polar surface area (TPSA) is 76.2 Å². The van der Waals surface area contributed by atoms with Crippen LogP contribution in [0.3, 0.4) is 0 Å². The lowest BCUT2D eigenvalue weighted by molar-refractivity contribution is -0.140. The Morgan fingerprint density at radius 1 is 0.967 bits per heavy atom. The summed E-state index contributed by atoms with van der Waals surface area (Å²) in [6.45, 7) is 8.54. The van der Waals surface area contributed by atoms with Gasteiger partial charge >= 0.3 is 0 Å². The molecule has 1 amide bonds.